The minimum Gasteiger partial charge on any atom is -0.497 e. The minimum atomic E-state index is 0.191. The molecule has 1 aromatic heterocycles. The van der Waals surface area contributed by atoms with Gasteiger partial charge in [0.15, 0.2) is 0 Å². The summed E-state index contributed by atoms with van der Waals surface area (Å²) >= 11 is 0. The molecule has 0 saturated carbocycles. The van der Waals surface area contributed by atoms with E-state index in [0.717, 1.165) is 17.0 Å². The van der Waals surface area contributed by atoms with Crippen LogP contribution < -0.4 is 9.47 Å². The van der Waals surface area contributed by atoms with E-state index in [2.05, 4.69) is 29.4 Å². The summed E-state index contributed by atoms with van der Waals surface area (Å²) < 4.78 is 10.9. The number of H-pyrrole nitrogens is 1. The maximum absolute atomic E-state index is 5.59. The van der Waals surface area contributed by atoms with Gasteiger partial charge in [0, 0.05) is 28.6 Å². The second-order valence-electron chi connectivity index (χ2n) is 5.12. The maximum atomic E-state index is 5.59. The van der Waals surface area contributed by atoms with Gasteiger partial charge in [-0.25, -0.2) is 0 Å². The number of rotatable bonds is 2. The Kier molecular flexibility index (Phi) is 2.71. The van der Waals surface area contributed by atoms with E-state index in [1.54, 1.807) is 13.4 Å². The van der Waals surface area contributed by atoms with Crippen LogP contribution in [0, 0.1) is 0 Å². The lowest BCUT2D eigenvalue weighted by molar-refractivity contribution is 0.415. The highest BCUT2D eigenvalue weighted by Gasteiger charge is 2.21. The third-order valence-corrected chi connectivity index (χ3v) is 3.98. The van der Waals surface area contributed by atoms with Gasteiger partial charge in [0.05, 0.1) is 13.4 Å². The predicted molar refractivity (Wildman–Crippen MR) is 82.9 cm³/mol. The van der Waals surface area contributed by atoms with Gasteiger partial charge in [0.2, 0.25) is 0 Å². The molecule has 0 spiro atoms. The molecule has 3 nitrogen and oxygen atoms in total. The first-order valence-electron chi connectivity index (χ1n) is 6.94. The van der Waals surface area contributed by atoms with Crippen molar-refractivity contribution < 1.29 is 9.47 Å². The lowest BCUT2D eigenvalue weighted by atomic mass is 9.89. The molecule has 0 aliphatic carbocycles. The Bertz CT molecular complexity index is 832. The standard InChI is InChI=1S/C18H15NO2/c1-20-12-6-7-17-15(10-12)16(11-19-17)13-8-9-21-18-5-3-2-4-14(13)18/h2-11,13,19H,1H3. The molecule has 1 N–H and O–H groups in total. The van der Waals surface area contributed by atoms with Crippen LogP contribution in [0.5, 0.6) is 11.5 Å². The Balaban J connectivity index is 1.90. The number of methoxy groups -OCH3 is 1. The molecule has 0 amide bonds. The number of ether oxygens (including phenoxy) is 2. The molecule has 2 heterocycles. The molecule has 3 aromatic rings. The summed E-state index contributed by atoms with van der Waals surface area (Å²) in [5, 5.41) is 1.18. The van der Waals surface area contributed by atoms with Crippen molar-refractivity contribution >= 4 is 10.9 Å². The van der Waals surface area contributed by atoms with E-state index >= 15 is 0 Å². The highest BCUT2D eigenvalue weighted by Crippen LogP contribution is 2.39. The average molecular weight is 277 g/mol. The fourth-order valence-electron chi connectivity index (χ4n) is 2.92. The molecule has 1 unspecified atom stereocenters. The van der Waals surface area contributed by atoms with E-state index in [4.69, 9.17) is 9.47 Å². The molecule has 0 bridgehead atoms. The Labute approximate surface area is 122 Å². The quantitative estimate of drug-likeness (QED) is 0.761. The number of para-hydroxylation sites is 1. The summed E-state index contributed by atoms with van der Waals surface area (Å²) in [7, 11) is 1.69. The smallest absolute Gasteiger partial charge is 0.130 e. The maximum Gasteiger partial charge on any atom is 0.130 e. The van der Waals surface area contributed by atoms with Gasteiger partial charge in [0.1, 0.15) is 11.5 Å². The molecule has 3 heteroatoms. The molecule has 0 saturated heterocycles. The molecule has 104 valence electrons. The molecule has 21 heavy (non-hydrogen) atoms. The molecule has 1 atom stereocenters. The Morgan fingerprint density at radius 3 is 2.90 bits per heavy atom. The number of allylic oxidation sites excluding steroid dienone is 1. The summed E-state index contributed by atoms with van der Waals surface area (Å²) in [5.41, 5.74) is 3.53. The number of hydrogen-bond donors (Lipinski definition) is 1. The zero-order valence-electron chi connectivity index (χ0n) is 11.7. The summed E-state index contributed by atoms with van der Waals surface area (Å²) in [6, 6.07) is 14.2. The van der Waals surface area contributed by atoms with Gasteiger partial charge in [-0.3, -0.25) is 0 Å². The number of hydrogen-bond acceptors (Lipinski definition) is 2. The van der Waals surface area contributed by atoms with Gasteiger partial charge < -0.3 is 14.5 Å². The second-order valence-corrected chi connectivity index (χ2v) is 5.12. The first-order chi connectivity index (χ1) is 10.4. The van der Waals surface area contributed by atoms with Crippen LogP contribution in [0.1, 0.15) is 17.0 Å². The van der Waals surface area contributed by atoms with E-state index < -0.39 is 0 Å². The van der Waals surface area contributed by atoms with E-state index in [1.165, 1.54) is 16.5 Å². The largest absolute Gasteiger partial charge is 0.497 e. The highest BCUT2D eigenvalue weighted by atomic mass is 16.5. The van der Waals surface area contributed by atoms with Gasteiger partial charge in [-0.15, -0.1) is 0 Å². The molecule has 2 aromatic carbocycles. The summed E-state index contributed by atoms with van der Waals surface area (Å²) in [6.07, 6.45) is 5.93. The van der Waals surface area contributed by atoms with Crippen molar-refractivity contribution in [3.05, 3.63) is 72.1 Å². The lowest BCUT2D eigenvalue weighted by Crippen LogP contribution is -2.04. The predicted octanol–water partition coefficient (Wildman–Crippen LogP) is 4.21. The van der Waals surface area contributed by atoms with Gasteiger partial charge in [-0.05, 0) is 35.9 Å². The van der Waals surface area contributed by atoms with Crippen LogP contribution >= 0.6 is 0 Å². The summed E-state index contributed by atoms with van der Waals surface area (Å²) in [4.78, 5) is 3.34. The fraction of sp³-hybridized carbons (Fsp3) is 0.111. The SMILES string of the molecule is COc1ccc2[nH]cc(C3C=COc4ccccc43)c2c1. The first kappa shape index (κ1) is 12.1. The Morgan fingerprint density at radius 1 is 1.10 bits per heavy atom. The van der Waals surface area contributed by atoms with Crippen LogP contribution in [0.2, 0.25) is 0 Å². The van der Waals surface area contributed by atoms with Gasteiger partial charge >= 0.3 is 0 Å². The van der Waals surface area contributed by atoms with Crippen LogP contribution in [0.25, 0.3) is 10.9 Å². The van der Waals surface area contributed by atoms with E-state index in [0.29, 0.717) is 0 Å². The average Bonchev–Trinajstić information content (AvgIpc) is 2.97. The Morgan fingerprint density at radius 2 is 2.00 bits per heavy atom. The van der Waals surface area contributed by atoms with Crippen molar-refractivity contribution in [1.82, 2.24) is 4.98 Å². The van der Waals surface area contributed by atoms with Gasteiger partial charge in [0.25, 0.3) is 0 Å². The van der Waals surface area contributed by atoms with E-state index in [-0.39, 0.29) is 5.92 Å². The van der Waals surface area contributed by atoms with E-state index in [9.17, 15) is 0 Å². The fourth-order valence-corrected chi connectivity index (χ4v) is 2.92. The van der Waals surface area contributed by atoms with Crippen molar-refractivity contribution in [2.24, 2.45) is 0 Å². The zero-order chi connectivity index (χ0) is 14.2. The van der Waals surface area contributed by atoms with Crippen molar-refractivity contribution in [3.8, 4) is 11.5 Å². The molecule has 1 aliphatic rings. The van der Waals surface area contributed by atoms with Crippen LogP contribution in [0.4, 0.5) is 0 Å². The number of benzene rings is 2. The lowest BCUT2D eigenvalue weighted by Gasteiger charge is -2.20. The molecule has 1 aliphatic heterocycles. The van der Waals surface area contributed by atoms with Crippen molar-refractivity contribution in [2.75, 3.05) is 7.11 Å². The summed E-state index contributed by atoms with van der Waals surface area (Å²) in [6.45, 7) is 0. The molecule has 0 radical (unpaired) electrons. The van der Waals surface area contributed by atoms with E-state index in [1.807, 2.05) is 30.3 Å². The Hall–Kier alpha value is -2.68. The minimum absolute atomic E-state index is 0.191. The first-order valence-corrected chi connectivity index (χ1v) is 6.94. The third-order valence-electron chi connectivity index (χ3n) is 3.98. The van der Waals surface area contributed by atoms with Crippen LogP contribution in [0.15, 0.2) is 61.0 Å². The van der Waals surface area contributed by atoms with Crippen LogP contribution in [-0.4, -0.2) is 12.1 Å². The van der Waals surface area contributed by atoms with Crippen molar-refractivity contribution in [2.45, 2.75) is 5.92 Å². The molecular formula is C18H15NO2. The normalized spacial score (nSPS) is 16.5. The number of nitrogens with one attached hydrogen (secondary N) is 1. The number of fused-ring (bicyclic) bond motifs is 2. The summed E-state index contributed by atoms with van der Waals surface area (Å²) in [5.74, 6) is 1.98. The van der Waals surface area contributed by atoms with Gasteiger partial charge in [-0.1, -0.05) is 18.2 Å². The number of aromatic amines is 1. The van der Waals surface area contributed by atoms with Crippen molar-refractivity contribution in [1.29, 1.82) is 0 Å². The molecular weight excluding hydrogens is 262 g/mol. The van der Waals surface area contributed by atoms with Gasteiger partial charge in [-0.2, -0.15) is 0 Å². The third kappa shape index (κ3) is 1.89. The zero-order valence-corrected chi connectivity index (χ0v) is 11.7. The molecule has 0 fully saturated rings. The van der Waals surface area contributed by atoms with Crippen LogP contribution in [-0.2, 0) is 0 Å². The monoisotopic (exact) mass is 277 g/mol. The second kappa shape index (κ2) is 4.70. The van der Waals surface area contributed by atoms with Crippen LogP contribution in [0.3, 0.4) is 0 Å². The number of aromatic nitrogens is 1. The molecule has 4 rings (SSSR count). The topological polar surface area (TPSA) is 34.2 Å². The van der Waals surface area contributed by atoms with Crippen molar-refractivity contribution in [3.63, 3.8) is 0 Å². The highest BCUT2D eigenvalue weighted by molar-refractivity contribution is 5.86.